The molecule has 134 valence electrons. The molecular weight excluding hydrogens is 296 g/mol. The standard InChI is InChI=1S/C18H32O5/c1-3-5-6-8-14(7-4-2)13-16(19)15(9-11-17(20)21)10-12-18(22)23/h14-15H,3-13H2,1-2H3,(H,20,21)(H,22,23). The molecule has 0 aliphatic rings. The van der Waals surface area contributed by atoms with Gasteiger partial charge >= 0.3 is 11.9 Å². The Balaban J connectivity index is 4.59. The number of rotatable bonds is 15. The number of carboxylic acids is 2. The van der Waals surface area contributed by atoms with Gasteiger partial charge in [-0.1, -0.05) is 52.4 Å². The highest BCUT2D eigenvalue weighted by atomic mass is 16.4. The zero-order valence-corrected chi connectivity index (χ0v) is 14.6. The first-order valence-electron chi connectivity index (χ1n) is 8.86. The largest absolute Gasteiger partial charge is 0.481 e. The summed E-state index contributed by atoms with van der Waals surface area (Å²) in [4.78, 5) is 34.0. The minimum absolute atomic E-state index is 0.0439. The molecule has 0 aliphatic heterocycles. The van der Waals surface area contributed by atoms with Gasteiger partial charge in [0.15, 0.2) is 0 Å². The van der Waals surface area contributed by atoms with Gasteiger partial charge < -0.3 is 10.2 Å². The van der Waals surface area contributed by atoms with Crippen LogP contribution in [0.25, 0.3) is 0 Å². The molecule has 2 N–H and O–H groups in total. The molecule has 0 aromatic rings. The molecule has 0 aromatic heterocycles. The third-order valence-electron chi connectivity index (χ3n) is 4.27. The van der Waals surface area contributed by atoms with Crippen molar-refractivity contribution in [3.05, 3.63) is 0 Å². The van der Waals surface area contributed by atoms with Crippen molar-refractivity contribution >= 4 is 17.7 Å². The van der Waals surface area contributed by atoms with Gasteiger partial charge in [0.25, 0.3) is 0 Å². The molecule has 0 aliphatic carbocycles. The normalized spacial score (nSPS) is 12.3. The highest BCUT2D eigenvalue weighted by molar-refractivity contribution is 5.82. The Morgan fingerprint density at radius 1 is 0.783 bits per heavy atom. The SMILES string of the molecule is CCCCCC(CCC)CC(=O)C(CCC(=O)O)CCC(=O)O. The first-order valence-corrected chi connectivity index (χ1v) is 8.86. The van der Waals surface area contributed by atoms with E-state index in [1.165, 1.54) is 0 Å². The zero-order valence-electron chi connectivity index (χ0n) is 14.6. The van der Waals surface area contributed by atoms with Gasteiger partial charge in [-0.05, 0) is 18.8 Å². The van der Waals surface area contributed by atoms with Gasteiger partial charge in [0, 0.05) is 25.2 Å². The Bertz CT molecular complexity index is 346. The first kappa shape index (κ1) is 21.6. The fraction of sp³-hybridized carbons (Fsp3) is 0.833. The van der Waals surface area contributed by atoms with E-state index in [9.17, 15) is 14.4 Å². The fourth-order valence-electron chi connectivity index (χ4n) is 2.95. The molecule has 0 radical (unpaired) electrons. The summed E-state index contributed by atoms with van der Waals surface area (Å²) >= 11 is 0. The minimum atomic E-state index is -0.939. The number of aliphatic carboxylic acids is 2. The van der Waals surface area contributed by atoms with Gasteiger partial charge in [-0.2, -0.15) is 0 Å². The summed E-state index contributed by atoms with van der Waals surface area (Å²) in [5.74, 6) is -1.93. The Labute approximate surface area is 139 Å². The van der Waals surface area contributed by atoms with Gasteiger partial charge in [0.05, 0.1) is 0 Å². The summed E-state index contributed by atoms with van der Waals surface area (Å²) in [6.07, 6.45) is 7.27. The summed E-state index contributed by atoms with van der Waals surface area (Å²) in [6.45, 7) is 4.25. The van der Waals surface area contributed by atoms with Crippen molar-refractivity contribution in [3.63, 3.8) is 0 Å². The van der Waals surface area contributed by atoms with E-state index in [1.807, 2.05) is 0 Å². The molecule has 1 unspecified atom stereocenters. The van der Waals surface area contributed by atoms with E-state index in [-0.39, 0.29) is 31.5 Å². The number of carbonyl (C=O) groups is 3. The van der Waals surface area contributed by atoms with Gasteiger partial charge in [0.2, 0.25) is 0 Å². The van der Waals surface area contributed by atoms with Crippen LogP contribution in [0.5, 0.6) is 0 Å². The molecule has 0 heterocycles. The molecule has 0 bridgehead atoms. The lowest BCUT2D eigenvalue weighted by molar-refractivity contribution is -0.137. The second-order valence-corrected chi connectivity index (χ2v) is 6.38. The molecule has 0 saturated heterocycles. The van der Waals surface area contributed by atoms with Crippen LogP contribution in [0.1, 0.15) is 84.5 Å². The lowest BCUT2D eigenvalue weighted by atomic mass is 9.84. The van der Waals surface area contributed by atoms with Crippen molar-refractivity contribution in [2.45, 2.75) is 84.5 Å². The number of hydrogen-bond donors (Lipinski definition) is 2. The van der Waals surface area contributed by atoms with Crippen molar-refractivity contribution in [1.82, 2.24) is 0 Å². The maximum absolute atomic E-state index is 12.5. The summed E-state index contributed by atoms with van der Waals surface area (Å²) in [5.41, 5.74) is 0. The number of unbranched alkanes of at least 4 members (excludes halogenated alkanes) is 2. The Kier molecular flexibility index (Phi) is 12.3. The van der Waals surface area contributed by atoms with Crippen LogP contribution >= 0.6 is 0 Å². The molecule has 0 aromatic carbocycles. The maximum Gasteiger partial charge on any atom is 0.303 e. The lowest BCUT2D eigenvalue weighted by Crippen LogP contribution is -2.20. The van der Waals surface area contributed by atoms with Gasteiger partial charge in [0.1, 0.15) is 5.78 Å². The van der Waals surface area contributed by atoms with Gasteiger partial charge in [-0.25, -0.2) is 0 Å². The van der Waals surface area contributed by atoms with Crippen LogP contribution in [0.3, 0.4) is 0 Å². The summed E-state index contributed by atoms with van der Waals surface area (Å²) in [5, 5.41) is 17.6. The minimum Gasteiger partial charge on any atom is -0.481 e. The summed E-state index contributed by atoms with van der Waals surface area (Å²) in [7, 11) is 0. The van der Waals surface area contributed by atoms with E-state index in [4.69, 9.17) is 10.2 Å². The average Bonchev–Trinajstić information content (AvgIpc) is 2.46. The second-order valence-electron chi connectivity index (χ2n) is 6.38. The number of Topliss-reactive ketones (excluding diaryl/α,β-unsaturated/α-hetero) is 1. The third kappa shape index (κ3) is 11.8. The third-order valence-corrected chi connectivity index (χ3v) is 4.27. The van der Waals surface area contributed by atoms with Crippen LogP contribution in [-0.2, 0) is 14.4 Å². The Hall–Kier alpha value is -1.39. The number of hydrogen-bond acceptors (Lipinski definition) is 3. The predicted octanol–water partition coefficient (Wildman–Crippen LogP) is 4.29. The quantitative estimate of drug-likeness (QED) is 0.438. The Morgan fingerprint density at radius 3 is 1.78 bits per heavy atom. The molecule has 5 heteroatoms. The van der Waals surface area contributed by atoms with Crippen molar-refractivity contribution in [2.24, 2.45) is 11.8 Å². The van der Waals surface area contributed by atoms with Crippen LogP contribution in [0.15, 0.2) is 0 Å². The molecule has 5 nitrogen and oxygen atoms in total. The number of carboxylic acid groups (broad SMARTS) is 2. The molecule has 0 rings (SSSR count). The van der Waals surface area contributed by atoms with Crippen LogP contribution in [0.2, 0.25) is 0 Å². The fourth-order valence-corrected chi connectivity index (χ4v) is 2.95. The van der Waals surface area contributed by atoms with Gasteiger partial charge in [-0.15, -0.1) is 0 Å². The molecule has 0 fully saturated rings. The van der Waals surface area contributed by atoms with Crippen LogP contribution in [0, 0.1) is 11.8 Å². The van der Waals surface area contributed by atoms with Crippen molar-refractivity contribution < 1.29 is 24.6 Å². The molecule has 0 saturated carbocycles. The zero-order chi connectivity index (χ0) is 17.7. The van der Waals surface area contributed by atoms with Crippen molar-refractivity contribution in [3.8, 4) is 0 Å². The van der Waals surface area contributed by atoms with Crippen LogP contribution < -0.4 is 0 Å². The van der Waals surface area contributed by atoms with E-state index in [2.05, 4.69) is 13.8 Å². The molecular formula is C18H32O5. The van der Waals surface area contributed by atoms with Crippen LogP contribution in [-0.4, -0.2) is 27.9 Å². The van der Waals surface area contributed by atoms with Gasteiger partial charge in [-0.3, -0.25) is 14.4 Å². The highest BCUT2D eigenvalue weighted by Crippen LogP contribution is 2.25. The van der Waals surface area contributed by atoms with E-state index in [1.54, 1.807) is 0 Å². The summed E-state index contributed by atoms with van der Waals surface area (Å²) in [6, 6.07) is 0. The summed E-state index contributed by atoms with van der Waals surface area (Å²) < 4.78 is 0. The predicted molar refractivity (Wildman–Crippen MR) is 89.4 cm³/mol. The number of carbonyl (C=O) groups excluding carboxylic acids is 1. The van der Waals surface area contributed by atoms with Crippen LogP contribution in [0.4, 0.5) is 0 Å². The molecule has 1 atom stereocenters. The smallest absolute Gasteiger partial charge is 0.303 e. The van der Waals surface area contributed by atoms with E-state index in [0.29, 0.717) is 12.3 Å². The number of ketones is 1. The maximum atomic E-state index is 12.5. The van der Waals surface area contributed by atoms with Crippen molar-refractivity contribution in [2.75, 3.05) is 0 Å². The van der Waals surface area contributed by atoms with E-state index < -0.39 is 17.9 Å². The Morgan fingerprint density at radius 2 is 1.35 bits per heavy atom. The average molecular weight is 328 g/mol. The lowest BCUT2D eigenvalue weighted by Gasteiger charge is -2.19. The van der Waals surface area contributed by atoms with E-state index in [0.717, 1.165) is 38.5 Å². The highest BCUT2D eigenvalue weighted by Gasteiger charge is 2.23. The molecule has 23 heavy (non-hydrogen) atoms. The second kappa shape index (κ2) is 13.1. The monoisotopic (exact) mass is 328 g/mol. The molecule has 0 amide bonds. The van der Waals surface area contributed by atoms with E-state index >= 15 is 0 Å². The molecule has 0 spiro atoms. The first-order chi connectivity index (χ1) is 10.9. The topological polar surface area (TPSA) is 91.7 Å². The van der Waals surface area contributed by atoms with Crippen molar-refractivity contribution in [1.29, 1.82) is 0 Å².